The molecule has 1 N–H and O–H groups in total. The van der Waals surface area contributed by atoms with Gasteiger partial charge in [-0.2, -0.15) is 5.26 Å². The summed E-state index contributed by atoms with van der Waals surface area (Å²) >= 11 is 3.28. The van der Waals surface area contributed by atoms with Crippen LogP contribution in [0.2, 0.25) is 0 Å². The SMILES string of the molecule is N#Cc1ccc(CS(=O)(=O)CC(=O)Nc2ccc(Br)cc2)cc1. The second-order valence-electron chi connectivity index (χ2n) is 4.90. The summed E-state index contributed by atoms with van der Waals surface area (Å²) in [6.07, 6.45) is 0. The minimum absolute atomic E-state index is 0.244. The third-order valence-corrected chi connectivity index (χ3v) is 4.95. The molecule has 0 saturated carbocycles. The van der Waals surface area contributed by atoms with E-state index in [4.69, 9.17) is 5.26 Å². The van der Waals surface area contributed by atoms with Crippen LogP contribution in [-0.4, -0.2) is 20.1 Å². The maximum Gasteiger partial charge on any atom is 0.239 e. The van der Waals surface area contributed by atoms with Gasteiger partial charge in [0.2, 0.25) is 5.91 Å². The number of benzene rings is 2. The normalized spacial score (nSPS) is 10.8. The number of carbonyl (C=O) groups excluding carboxylic acids is 1. The summed E-state index contributed by atoms with van der Waals surface area (Å²) in [4.78, 5) is 11.9. The van der Waals surface area contributed by atoms with E-state index in [0.29, 0.717) is 16.8 Å². The van der Waals surface area contributed by atoms with Crippen LogP contribution in [0, 0.1) is 11.3 Å². The molecule has 0 aliphatic heterocycles. The molecule has 2 rings (SSSR count). The molecule has 5 nitrogen and oxygen atoms in total. The number of hydrogen-bond donors (Lipinski definition) is 1. The maximum atomic E-state index is 12.1. The van der Waals surface area contributed by atoms with Gasteiger partial charge in [0.25, 0.3) is 0 Å². The molecule has 0 aliphatic carbocycles. The highest BCUT2D eigenvalue weighted by atomic mass is 79.9. The molecule has 0 aliphatic rings. The molecule has 2 aromatic rings. The fraction of sp³-hybridized carbons (Fsp3) is 0.125. The minimum atomic E-state index is -3.59. The molecular formula is C16H13BrN2O3S. The Morgan fingerprint density at radius 3 is 2.26 bits per heavy atom. The van der Waals surface area contributed by atoms with Gasteiger partial charge < -0.3 is 5.32 Å². The zero-order chi connectivity index (χ0) is 16.9. The Hall–Kier alpha value is -2.17. The van der Waals surface area contributed by atoms with Gasteiger partial charge in [-0.05, 0) is 42.0 Å². The molecule has 0 saturated heterocycles. The first-order valence-electron chi connectivity index (χ1n) is 6.63. The molecular weight excluding hydrogens is 380 g/mol. The fourth-order valence-corrected chi connectivity index (χ4v) is 3.45. The third kappa shape index (κ3) is 5.51. The molecule has 23 heavy (non-hydrogen) atoms. The van der Waals surface area contributed by atoms with E-state index in [1.54, 1.807) is 48.5 Å². The molecule has 0 unspecified atom stereocenters. The van der Waals surface area contributed by atoms with Crippen LogP contribution < -0.4 is 5.32 Å². The van der Waals surface area contributed by atoms with Gasteiger partial charge in [0.1, 0.15) is 5.75 Å². The predicted molar refractivity (Wildman–Crippen MR) is 91.4 cm³/mol. The van der Waals surface area contributed by atoms with Gasteiger partial charge in [-0.25, -0.2) is 8.42 Å². The lowest BCUT2D eigenvalue weighted by Crippen LogP contribution is -2.23. The molecule has 2 aromatic carbocycles. The van der Waals surface area contributed by atoms with Crippen LogP contribution in [0.3, 0.4) is 0 Å². The van der Waals surface area contributed by atoms with Gasteiger partial charge in [-0.15, -0.1) is 0 Å². The molecule has 0 atom stereocenters. The highest BCUT2D eigenvalue weighted by Gasteiger charge is 2.17. The van der Waals surface area contributed by atoms with Crippen molar-refractivity contribution >= 4 is 37.4 Å². The number of amides is 1. The zero-order valence-electron chi connectivity index (χ0n) is 12.0. The average molecular weight is 393 g/mol. The summed E-state index contributed by atoms with van der Waals surface area (Å²) in [5.41, 5.74) is 1.53. The van der Waals surface area contributed by atoms with Gasteiger partial charge in [-0.3, -0.25) is 4.79 Å². The standard InChI is InChI=1S/C16H13BrN2O3S/c17-14-5-7-15(8-6-14)19-16(20)11-23(21,22)10-13-3-1-12(9-18)2-4-13/h1-8H,10-11H2,(H,19,20). The second-order valence-corrected chi connectivity index (χ2v) is 7.88. The molecule has 118 valence electrons. The smallest absolute Gasteiger partial charge is 0.239 e. The summed E-state index contributed by atoms with van der Waals surface area (Å²) < 4.78 is 25.0. The van der Waals surface area contributed by atoms with Crippen LogP contribution in [0.15, 0.2) is 53.0 Å². The first-order chi connectivity index (χ1) is 10.9. The van der Waals surface area contributed by atoms with E-state index in [-0.39, 0.29) is 5.75 Å². The second kappa shape index (κ2) is 7.40. The first kappa shape index (κ1) is 17.2. The van der Waals surface area contributed by atoms with Crippen molar-refractivity contribution in [2.45, 2.75) is 5.75 Å². The maximum absolute atomic E-state index is 12.1. The number of hydrogen-bond acceptors (Lipinski definition) is 4. The number of nitrogens with zero attached hydrogens (tertiary/aromatic N) is 1. The van der Waals surface area contributed by atoms with Crippen molar-refractivity contribution in [3.05, 3.63) is 64.1 Å². The Morgan fingerprint density at radius 2 is 1.70 bits per heavy atom. The Labute approximate surface area is 143 Å². The van der Waals surface area contributed by atoms with Crippen molar-refractivity contribution in [2.75, 3.05) is 11.1 Å². The van der Waals surface area contributed by atoms with Gasteiger partial charge in [0, 0.05) is 10.2 Å². The molecule has 0 bridgehead atoms. The average Bonchev–Trinajstić information content (AvgIpc) is 2.49. The summed E-state index contributed by atoms with van der Waals surface area (Å²) in [5.74, 6) is -1.42. The number of nitriles is 1. The number of sulfone groups is 1. The monoisotopic (exact) mass is 392 g/mol. The lowest BCUT2D eigenvalue weighted by Gasteiger charge is -2.07. The molecule has 1 amide bonds. The highest BCUT2D eigenvalue weighted by Crippen LogP contribution is 2.14. The van der Waals surface area contributed by atoms with Crippen molar-refractivity contribution in [3.8, 4) is 6.07 Å². The van der Waals surface area contributed by atoms with Crippen molar-refractivity contribution in [2.24, 2.45) is 0 Å². The van der Waals surface area contributed by atoms with Crippen LogP contribution in [-0.2, 0) is 20.4 Å². The molecule has 0 fully saturated rings. The summed E-state index contributed by atoms with van der Waals surface area (Å²) in [6.45, 7) is 0. The van der Waals surface area contributed by atoms with Gasteiger partial charge >= 0.3 is 0 Å². The first-order valence-corrected chi connectivity index (χ1v) is 9.24. The molecule has 7 heteroatoms. The van der Waals surface area contributed by atoms with E-state index >= 15 is 0 Å². The predicted octanol–water partition coefficient (Wildman–Crippen LogP) is 2.87. The number of rotatable bonds is 5. The number of halogens is 1. The van der Waals surface area contributed by atoms with Crippen molar-refractivity contribution in [1.82, 2.24) is 0 Å². The molecule has 0 aromatic heterocycles. The van der Waals surface area contributed by atoms with Crippen LogP contribution in [0.1, 0.15) is 11.1 Å². The minimum Gasteiger partial charge on any atom is -0.325 e. The molecule has 0 radical (unpaired) electrons. The largest absolute Gasteiger partial charge is 0.325 e. The van der Waals surface area contributed by atoms with Gasteiger partial charge in [0.05, 0.1) is 17.4 Å². The topological polar surface area (TPSA) is 87.0 Å². The quantitative estimate of drug-likeness (QED) is 0.846. The zero-order valence-corrected chi connectivity index (χ0v) is 14.4. The summed E-state index contributed by atoms with van der Waals surface area (Å²) in [7, 11) is -3.59. The highest BCUT2D eigenvalue weighted by molar-refractivity contribution is 9.10. The number of nitrogens with one attached hydrogen (secondary N) is 1. The van der Waals surface area contributed by atoms with Crippen LogP contribution in [0.5, 0.6) is 0 Å². The molecule has 0 spiro atoms. The third-order valence-electron chi connectivity index (χ3n) is 2.95. The van der Waals surface area contributed by atoms with E-state index in [1.807, 2.05) is 6.07 Å². The van der Waals surface area contributed by atoms with E-state index in [9.17, 15) is 13.2 Å². The van der Waals surface area contributed by atoms with Crippen molar-refractivity contribution in [3.63, 3.8) is 0 Å². The lowest BCUT2D eigenvalue weighted by atomic mass is 10.2. The van der Waals surface area contributed by atoms with Crippen LogP contribution in [0.4, 0.5) is 5.69 Å². The number of anilines is 1. The molecule has 0 heterocycles. The fourth-order valence-electron chi connectivity index (χ4n) is 1.91. The lowest BCUT2D eigenvalue weighted by molar-refractivity contribution is -0.113. The van der Waals surface area contributed by atoms with Crippen molar-refractivity contribution in [1.29, 1.82) is 5.26 Å². The Kier molecular flexibility index (Phi) is 5.53. The van der Waals surface area contributed by atoms with E-state index < -0.39 is 21.5 Å². The van der Waals surface area contributed by atoms with Gasteiger partial charge in [0.15, 0.2) is 9.84 Å². The number of carbonyl (C=O) groups is 1. The van der Waals surface area contributed by atoms with E-state index in [2.05, 4.69) is 21.2 Å². The Bertz CT molecular complexity index is 838. The van der Waals surface area contributed by atoms with E-state index in [0.717, 1.165) is 4.47 Å². The Balaban J connectivity index is 1.98. The summed E-state index contributed by atoms with van der Waals surface area (Å²) in [5, 5.41) is 11.3. The van der Waals surface area contributed by atoms with Gasteiger partial charge in [-0.1, -0.05) is 28.1 Å². The van der Waals surface area contributed by atoms with Crippen LogP contribution in [0.25, 0.3) is 0 Å². The Morgan fingerprint density at radius 1 is 1.09 bits per heavy atom. The van der Waals surface area contributed by atoms with Crippen molar-refractivity contribution < 1.29 is 13.2 Å². The van der Waals surface area contributed by atoms with E-state index in [1.165, 1.54) is 0 Å². The summed E-state index contributed by atoms with van der Waals surface area (Å²) in [6, 6.07) is 15.1. The van der Waals surface area contributed by atoms with Crippen LogP contribution >= 0.6 is 15.9 Å².